The topological polar surface area (TPSA) is 84.9 Å². The Bertz CT molecular complexity index is 1010. The summed E-state index contributed by atoms with van der Waals surface area (Å²) in [7, 11) is -2.10. The lowest BCUT2D eigenvalue weighted by Gasteiger charge is -2.38. The molecule has 2 aromatic rings. The molecule has 1 aliphatic rings. The first-order chi connectivity index (χ1) is 14.8. The van der Waals surface area contributed by atoms with Crippen LogP contribution in [0.4, 0.5) is 0 Å². The molecule has 2 aromatic carbocycles. The summed E-state index contributed by atoms with van der Waals surface area (Å²) in [5.41, 5.74) is 0.126. The van der Waals surface area contributed by atoms with Crippen molar-refractivity contribution in [2.75, 3.05) is 26.8 Å². The predicted molar refractivity (Wildman–Crippen MR) is 119 cm³/mol. The Kier molecular flexibility index (Phi) is 7.23. The number of piperidine rings is 1. The highest BCUT2D eigenvalue weighted by atomic mass is 32.2. The Morgan fingerprint density at radius 3 is 2.58 bits per heavy atom. The van der Waals surface area contributed by atoms with Gasteiger partial charge in [0.2, 0.25) is 15.9 Å². The molecule has 1 saturated heterocycles. The van der Waals surface area contributed by atoms with Gasteiger partial charge in [-0.15, -0.1) is 0 Å². The van der Waals surface area contributed by atoms with Crippen molar-refractivity contribution in [2.24, 2.45) is 5.41 Å². The van der Waals surface area contributed by atoms with Crippen molar-refractivity contribution >= 4 is 15.9 Å². The van der Waals surface area contributed by atoms with Gasteiger partial charge in [-0.3, -0.25) is 4.79 Å². The number of sulfonamides is 1. The van der Waals surface area contributed by atoms with Crippen LogP contribution in [0.1, 0.15) is 32.3 Å². The Morgan fingerprint density at radius 1 is 1.16 bits per heavy atom. The highest BCUT2D eigenvalue weighted by Gasteiger charge is 2.41. The summed E-state index contributed by atoms with van der Waals surface area (Å²) in [5.74, 6) is 1.20. The van der Waals surface area contributed by atoms with E-state index in [0.29, 0.717) is 38.3 Å². The molecule has 0 radical (unpaired) electrons. The summed E-state index contributed by atoms with van der Waals surface area (Å²) in [4.78, 5) is 13.2. The molecule has 1 amide bonds. The molecular weight excluding hydrogens is 416 g/mol. The monoisotopic (exact) mass is 446 g/mol. The fourth-order valence-electron chi connectivity index (χ4n) is 3.79. The predicted octanol–water partition coefficient (Wildman–Crippen LogP) is 3.20. The van der Waals surface area contributed by atoms with Crippen molar-refractivity contribution < 1.29 is 22.7 Å². The Morgan fingerprint density at radius 2 is 1.90 bits per heavy atom. The second kappa shape index (κ2) is 9.70. The summed E-state index contributed by atoms with van der Waals surface area (Å²) in [6.45, 7) is 5.12. The Hall–Kier alpha value is -2.58. The van der Waals surface area contributed by atoms with Crippen molar-refractivity contribution in [2.45, 2.75) is 38.1 Å². The van der Waals surface area contributed by atoms with Gasteiger partial charge in [0.05, 0.1) is 24.0 Å². The zero-order valence-electron chi connectivity index (χ0n) is 18.3. The summed E-state index contributed by atoms with van der Waals surface area (Å²) >= 11 is 0. The molecule has 1 fully saturated rings. The molecule has 31 heavy (non-hydrogen) atoms. The number of nitrogens with zero attached hydrogens (tertiary/aromatic N) is 1. The van der Waals surface area contributed by atoms with Gasteiger partial charge in [-0.05, 0) is 68.7 Å². The number of rotatable bonds is 8. The van der Waals surface area contributed by atoms with Crippen molar-refractivity contribution in [1.29, 1.82) is 0 Å². The molecule has 0 saturated carbocycles. The van der Waals surface area contributed by atoms with E-state index in [1.165, 1.54) is 4.31 Å². The number of carbonyl (C=O) groups excluding carboxylic acids is 1. The highest BCUT2D eigenvalue weighted by Crippen LogP contribution is 2.33. The second-order valence-electron chi connectivity index (χ2n) is 7.94. The van der Waals surface area contributed by atoms with Crippen LogP contribution in [0.2, 0.25) is 0 Å². The van der Waals surface area contributed by atoms with Gasteiger partial charge in [0.1, 0.15) is 11.5 Å². The lowest BCUT2D eigenvalue weighted by Crippen LogP contribution is -2.51. The second-order valence-corrected chi connectivity index (χ2v) is 9.88. The molecular formula is C23H30N2O5S. The van der Waals surface area contributed by atoms with Gasteiger partial charge in [-0.25, -0.2) is 8.42 Å². The van der Waals surface area contributed by atoms with Crippen LogP contribution in [0.25, 0.3) is 0 Å². The number of benzene rings is 2. The molecule has 1 N–H and O–H groups in total. The zero-order valence-corrected chi connectivity index (χ0v) is 19.1. The van der Waals surface area contributed by atoms with E-state index < -0.39 is 15.4 Å². The largest absolute Gasteiger partial charge is 0.497 e. The standard InChI is InChI=1S/C23H30N2O5S/c1-4-30-19-9-11-21(12-10-19)31(27,28)25-14-6-13-23(2,17-25)22(26)24-16-18-7-5-8-20(15-18)29-3/h5,7-12,15H,4,6,13-14,16-17H2,1-3H3,(H,24,26). The Labute approximate surface area is 184 Å². The van der Waals surface area contributed by atoms with E-state index in [1.807, 2.05) is 38.1 Å². The lowest BCUT2D eigenvalue weighted by molar-refractivity contribution is -0.132. The molecule has 0 aliphatic carbocycles. The van der Waals surface area contributed by atoms with Crippen LogP contribution in [-0.4, -0.2) is 45.4 Å². The quantitative estimate of drug-likeness (QED) is 0.673. The number of methoxy groups -OCH3 is 1. The van der Waals surface area contributed by atoms with Crippen molar-refractivity contribution in [3.05, 3.63) is 54.1 Å². The van der Waals surface area contributed by atoms with Crippen LogP contribution in [0, 0.1) is 5.41 Å². The molecule has 3 rings (SSSR count). The van der Waals surface area contributed by atoms with Crippen LogP contribution >= 0.6 is 0 Å². The third-order valence-corrected chi connectivity index (χ3v) is 7.43. The number of nitrogens with one attached hydrogen (secondary N) is 1. The van der Waals surface area contributed by atoms with Gasteiger partial charge in [0.15, 0.2) is 0 Å². The molecule has 168 valence electrons. The molecule has 1 unspecified atom stereocenters. The first-order valence-electron chi connectivity index (χ1n) is 10.4. The minimum Gasteiger partial charge on any atom is -0.497 e. The minimum absolute atomic E-state index is 0.145. The Balaban J connectivity index is 1.69. The van der Waals surface area contributed by atoms with Gasteiger partial charge in [-0.1, -0.05) is 12.1 Å². The third kappa shape index (κ3) is 5.37. The number of amides is 1. The maximum absolute atomic E-state index is 13.2. The number of carbonyl (C=O) groups is 1. The van der Waals surface area contributed by atoms with Gasteiger partial charge in [0, 0.05) is 19.6 Å². The normalized spacial score (nSPS) is 19.6. The van der Waals surface area contributed by atoms with Crippen molar-refractivity contribution in [1.82, 2.24) is 9.62 Å². The van der Waals surface area contributed by atoms with Gasteiger partial charge in [0.25, 0.3) is 0 Å². The van der Waals surface area contributed by atoms with Gasteiger partial charge in [-0.2, -0.15) is 4.31 Å². The first-order valence-corrected chi connectivity index (χ1v) is 11.9. The van der Waals surface area contributed by atoms with Crippen molar-refractivity contribution in [3.8, 4) is 11.5 Å². The van der Waals surface area contributed by atoms with Crippen LogP contribution < -0.4 is 14.8 Å². The number of hydrogen-bond acceptors (Lipinski definition) is 5. The molecule has 1 aliphatic heterocycles. The molecule has 0 aromatic heterocycles. The minimum atomic E-state index is -3.69. The first kappa shape index (κ1) is 23.1. The molecule has 8 heteroatoms. The fourth-order valence-corrected chi connectivity index (χ4v) is 5.39. The molecule has 0 bridgehead atoms. The number of ether oxygens (including phenoxy) is 2. The van der Waals surface area contributed by atoms with E-state index in [9.17, 15) is 13.2 Å². The fraction of sp³-hybridized carbons (Fsp3) is 0.435. The maximum Gasteiger partial charge on any atom is 0.243 e. The summed E-state index contributed by atoms with van der Waals surface area (Å²) < 4.78 is 38.3. The smallest absolute Gasteiger partial charge is 0.243 e. The van der Waals surface area contributed by atoms with Crippen LogP contribution in [0.5, 0.6) is 11.5 Å². The molecule has 1 atom stereocenters. The summed E-state index contributed by atoms with van der Waals surface area (Å²) in [5, 5.41) is 2.96. The van der Waals surface area contributed by atoms with E-state index >= 15 is 0 Å². The molecule has 7 nitrogen and oxygen atoms in total. The van der Waals surface area contributed by atoms with E-state index in [0.717, 1.165) is 11.3 Å². The average Bonchev–Trinajstić information content (AvgIpc) is 2.78. The third-order valence-electron chi connectivity index (χ3n) is 5.57. The SMILES string of the molecule is CCOc1ccc(S(=O)(=O)N2CCCC(C)(C(=O)NCc3cccc(OC)c3)C2)cc1. The summed E-state index contributed by atoms with van der Waals surface area (Å²) in [6, 6.07) is 13.9. The highest BCUT2D eigenvalue weighted by molar-refractivity contribution is 7.89. The lowest BCUT2D eigenvalue weighted by atomic mass is 9.82. The van der Waals surface area contributed by atoms with Crippen LogP contribution in [0.15, 0.2) is 53.4 Å². The zero-order chi connectivity index (χ0) is 22.5. The molecule has 0 spiro atoms. The van der Waals surface area contributed by atoms with E-state index in [1.54, 1.807) is 31.4 Å². The summed E-state index contributed by atoms with van der Waals surface area (Å²) in [6.07, 6.45) is 1.26. The van der Waals surface area contributed by atoms with Crippen molar-refractivity contribution in [3.63, 3.8) is 0 Å². The average molecular weight is 447 g/mol. The van der Waals surface area contributed by atoms with E-state index in [-0.39, 0.29) is 17.3 Å². The van der Waals surface area contributed by atoms with E-state index in [4.69, 9.17) is 9.47 Å². The molecule has 1 heterocycles. The van der Waals surface area contributed by atoms with Crippen LogP contribution in [-0.2, 0) is 21.4 Å². The maximum atomic E-state index is 13.2. The van der Waals surface area contributed by atoms with E-state index in [2.05, 4.69) is 5.32 Å². The van der Waals surface area contributed by atoms with Gasteiger partial charge >= 0.3 is 0 Å². The van der Waals surface area contributed by atoms with Crippen LogP contribution in [0.3, 0.4) is 0 Å². The van der Waals surface area contributed by atoms with Gasteiger partial charge < -0.3 is 14.8 Å². The number of hydrogen-bond donors (Lipinski definition) is 1.